The van der Waals surface area contributed by atoms with Crippen molar-refractivity contribution in [1.29, 1.82) is 0 Å². The first-order chi connectivity index (χ1) is 13.5. The third-order valence-electron chi connectivity index (χ3n) is 3.69. The number of sulfonamides is 1. The first kappa shape index (κ1) is 25.5. The number of rotatable bonds is 11. The molecule has 29 heavy (non-hydrogen) atoms. The minimum absolute atomic E-state index is 0. The minimum Gasteiger partial charge on any atom is -0.469 e. The maximum atomic E-state index is 11.3. The molecule has 7 nitrogen and oxygen atoms in total. The smallest absolute Gasteiger partial charge is 0.238 e. The van der Waals surface area contributed by atoms with Crippen LogP contribution in [0.25, 0.3) is 0 Å². The van der Waals surface area contributed by atoms with Crippen molar-refractivity contribution in [3.8, 4) is 0 Å². The number of hydrogen-bond acceptors (Lipinski definition) is 5. The van der Waals surface area contributed by atoms with E-state index in [9.17, 15) is 8.42 Å². The summed E-state index contributed by atoms with van der Waals surface area (Å²) in [5.74, 6) is 3.46. The van der Waals surface area contributed by atoms with Crippen LogP contribution in [0.15, 0.2) is 69.6 Å². The molecule has 0 spiro atoms. The van der Waals surface area contributed by atoms with E-state index in [1.807, 2.05) is 18.2 Å². The fraction of sp³-hybridized carbons (Fsp3) is 0.316. The average molecular weight is 550 g/mol. The van der Waals surface area contributed by atoms with Gasteiger partial charge in [-0.25, -0.2) is 18.5 Å². The van der Waals surface area contributed by atoms with Crippen LogP contribution in [-0.2, 0) is 23.0 Å². The lowest BCUT2D eigenvalue weighted by molar-refractivity contribution is 0.507. The van der Waals surface area contributed by atoms with Gasteiger partial charge in [0.25, 0.3) is 0 Å². The van der Waals surface area contributed by atoms with Crippen LogP contribution in [-0.4, -0.2) is 39.0 Å². The number of guanidine groups is 1. The number of halogens is 1. The van der Waals surface area contributed by atoms with Gasteiger partial charge in [-0.3, -0.25) is 0 Å². The molecular formula is C19H27IN4O3S2. The summed E-state index contributed by atoms with van der Waals surface area (Å²) in [4.78, 5) is 4.67. The second kappa shape index (κ2) is 13.7. The minimum atomic E-state index is -3.68. The Hall–Kier alpha value is -1.50. The number of nitrogens with zero attached hydrogens (tertiary/aromatic N) is 1. The van der Waals surface area contributed by atoms with Gasteiger partial charge in [0.2, 0.25) is 10.0 Å². The topological polar surface area (TPSA) is 110 Å². The van der Waals surface area contributed by atoms with Crippen molar-refractivity contribution in [3.05, 3.63) is 66.6 Å². The Kier molecular flexibility index (Phi) is 12.0. The molecule has 2 aromatic rings. The van der Waals surface area contributed by atoms with Gasteiger partial charge in [0.1, 0.15) is 5.76 Å². The van der Waals surface area contributed by atoms with E-state index >= 15 is 0 Å². The molecule has 0 saturated heterocycles. The summed E-state index contributed by atoms with van der Waals surface area (Å²) in [7, 11) is -3.68. The second-order valence-electron chi connectivity index (χ2n) is 5.90. The fourth-order valence-electron chi connectivity index (χ4n) is 2.30. The number of nitrogens with one attached hydrogen (secondary N) is 2. The van der Waals surface area contributed by atoms with E-state index in [1.165, 1.54) is 12.1 Å². The lowest BCUT2D eigenvalue weighted by Crippen LogP contribution is -2.39. The molecule has 160 valence electrons. The van der Waals surface area contributed by atoms with Crippen molar-refractivity contribution < 1.29 is 12.8 Å². The van der Waals surface area contributed by atoms with Crippen molar-refractivity contribution in [3.63, 3.8) is 0 Å². The third-order valence-corrected chi connectivity index (χ3v) is 5.58. The predicted molar refractivity (Wildman–Crippen MR) is 130 cm³/mol. The Morgan fingerprint density at radius 2 is 1.93 bits per heavy atom. The molecule has 4 N–H and O–H groups in total. The largest absolute Gasteiger partial charge is 0.469 e. The van der Waals surface area contributed by atoms with Gasteiger partial charge >= 0.3 is 0 Å². The Bertz CT molecular complexity index is 854. The summed E-state index contributed by atoms with van der Waals surface area (Å²) in [5.41, 5.74) is 0.889. The summed E-state index contributed by atoms with van der Waals surface area (Å²) in [6.07, 6.45) is 4.29. The summed E-state index contributed by atoms with van der Waals surface area (Å²) >= 11 is 1.79. The molecule has 0 aliphatic rings. The average Bonchev–Trinajstić information content (AvgIpc) is 3.18. The standard InChI is InChI=1S/C19H26N4O3S2.HI/c1-2-13-27-14-11-22-19(21-10-9-17-4-3-12-26-17)23-15-16-5-7-18(8-6-16)28(20,24)25;/h2-8,12H,1,9-11,13-15H2,(H2,20,24,25)(H2,21,22,23);1H. The summed E-state index contributed by atoms with van der Waals surface area (Å²) in [6.45, 7) is 5.59. The highest BCUT2D eigenvalue weighted by molar-refractivity contribution is 14.0. The van der Waals surface area contributed by atoms with Crippen LogP contribution in [0.2, 0.25) is 0 Å². The molecule has 0 unspecified atom stereocenters. The van der Waals surface area contributed by atoms with Gasteiger partial charge in [0.05, 0.1) is 17.7 Å². The quantitative estimate of drug-likeness (QED) is 0.131. The number of furan rings is 1. The van der Waals surface area contributed by atoms with Crippen molar-refractivity contribution in [1.82, 2.24) is 10.6 Å². The maximum absolute atomic E-state index is 11.3. The molecule has 1 heterocycles. The molecular weight excluding hydrogens is 523 g/mol. The van der Waals surface area contributed by atoms with Crippen molar-refractivity contribution in [2.45, 2.75) is 17.9 Å². The molecule has 2 rings (SSSR count). The Balaban J connectivity index is 0.00000420. The van der Waals surface area contributed by atoms with E-state index in [0.717, 1.165) is 35.8 Å². The second-order valence-corrected chi connectivity index (χ2v) is 8.61. The first-order valence-corrected chi connectivity index (χ1v) is 11.5. The van der Waals surface area contributed by atoms with Gasteiger partial charge in [-0.2, -0.15) is 11.8 Å². The third kappa shape index (κ3) is 10.2. The predicted octanol–water partition coefficient (Wildman–Crippen LogP) is 2.74. The van der Waals surface area contributed by atoms with Gasteiger partial charge in [-0.1, -0.05) is 18.2 Å². The van der Waals surface area contributed by atoms with Gasteiger partial charge in [-0.05, 0) is 29.8 Å². The normalized spacial score (nSPS) is 11.6. The molecule has 0 radical (unpaired) electrons. The molecule has 0 bridgehead atoms. The first-order valence-electron chi connectivity index (χ1n) is 8.84. The van der Waals surface area contributed by atoms with E-state index in [2.05, 4.69) is 22.2 Å². The number of benzene rings is 1. The van der Waals surface area contributed by atoms with E-state index in [-0.39, 0.29) is 28.9 Å². The number of thioether (sulfide) groups is 1. The zero-order valence-corrected chi connectivity index (χ0v) is 20.0. The van der Waals surface area contributed by atoms with Gasteiger partial charge in [-0.15, -0.1) is 30.6 Å². The van der Waals surface area contributed by atoms with Crippen molar-refractivity contribution in [2.75, 3.05) is 24.6 Å². The number of nitrogens with two attached hydrogens (primary N) is 1. The molecule has 0 amide bonds. The Labute approximate surface area is 193 Å². The maximum Gasteiger partial charge on any atom is 0.238 e. The fourth-order valence-corrected chi connectivity index (χ4v) is 3.39. The van der Waals surface area contributed by atoms with Crippen LogP contribution in [0.1, 0.15) is 11.3 Å². The summed E-state index contributed by atoms with van der Waals surface area (Å²) < 4.78 is 28.0. The zero-order valence-electron chi connectivity index (χ0n) is 16.0. The summed E-state index contributed by atoms with van der Waals surface area (Å²) in [6, 6.07) is 10.2. The van der Waals surface area contributed by atoms with Crippen molar-refractivity contribution in [2.24, 2.45) is 10.1 Å². The lowest BCUT2D eigenvalue weighted by Gasteiger charge is -2.12. The molecule has 0 saturated carbocycles. The van der Waals surface area contributed by atoms with Gasteiger partial charge in [0.15, 0.2) is 5.96 Å². The molecule has 0 atom stereocenters. The molecule has 10 heteroatoms. The molecule has 1 aromatic heterocycles. The lowest BCUT2D eigenvalue weighted by atomic mass is 10.2. The summed E-state index contributed by atoms with van der Waals surface area (Å²) in [5, 5.41) is 11.7. The zero-order chi connectivity index (χ0) is 20.2. The number of aliphatic imine (C=N–C) groups is 1. The highest BCUT2D eigenvalue weighted by atomic mass is 127. The van der Waals surface area contributed by atoms with Crippen LogP contribution in [0.4, 0.5) is 0 Å². The van der Waals surface area contributed by atoms with Crippen LogP contribution in [0.3, 0.4) is 0 Å². The highest BCUT2D eigenvalue weighted by Gasteiger charge is 2.07. The molecule has 0 fully saturated rings. The van der Waals surface area contributed by atoms with Gasteiger partial charge in [0, 0.05) is 31.0 Å². The van der Waals surface area contributed by atoms with E-state index < -0.39 is 10.0 Å². The highest BCUT2D eigenvalue weighted by Crippen LogP contribution is 2.09. The monoisotopic (exact) mass is 550 g/mol. The molecule has 1 aromatic carbocycles. The van der Waals surface area contributed by atoms with Crippen molar-refractivity contribution >= 4 is 51.7 Å². The SMILES string of the molecule is C=CCSCCNC(=NCc1ccc(S(N)(=O)=O)cc1)NCCc1ccco1.I. The van der Waals surface area contributed by atoms with E-state index in [1.54, 1.807) is 30.2 Å². The number of primary sulfonamides is 1. The van der Waals surface area contributed by atoms with E-state index in [4.69, 9.17) is 9.56 Å². The Morgan fingerprint density at radius 3 is 2.55 bits per heavy atom. The molecule has 0 aliphatic heterocycles. The van der Waals surface area contributed by atoms with Gasteiger partial charge < -0.3 is 15.1 Å². The molecule has 0 aliphatic carbocycles. The van der Waals surface area contributed by atoms with Crippen LogP contribution < -0.4 is 15.8 Å². The van der Waals surface area contributed by atoms with Crippen LogP contribution in [0, 0.1) is 0 Å². The van der Waals surface area contributed by atoms with Crippen LogP contribution in [0.5, 0.6) is 0 Å². The Morgan fingerprint density at radius 1 is 1.21 bits per heavy atom. The van der Waals surface area contributed by atoms with Crippen LogP contribution >= 0.6 is 35.7 Å². The number of hydrogen-bond donors (Lipinski definition) is 3. The van der Waals surface area contributed by atoms with E-state index in [0.29, 0.717) is 19.0 Å².